The molecular formula is C17H26N2. The molecule has 0 spiro atoms. The van der Waals surface area contributed by atoms with Crippen LogP contribution in [0.15, 0.2) is 18.2 Å². The Labute approximate surface area is 117 Å². The molecular weight excluding hydrogens is 232 g/mol. The van der Waals surface area contributed by atoms with E-state index in [0.29, 0.717) is 0 Å². The molecule has 0 aromatic heterocycles. The van der Waals surface area contributed by atoms with Crippen molar-refractivity contribution in [3.63, 3.8) is 0 Å². The number of likely N-dealkylation sites (N-methyl/N-ethyl adjacent to an activating group) is 1. The van der Waals surface area contributed by atoms with Crippen LogP contribution in [0.25, 0.3) is 0 Å². The van der Waals surface area contributed by atoms with Crippen LogP contribution in [0, 0.1) is 0 Å². The van der Waals surface area contributed by atoms with Crippen LogP contribution < -0.4 is 5.73 Å². The van der Waals surface area contributed by atoms with Crippen molar-refractivity contribution < 1.29 is 0 Å². The van der Waals surface area contributed by atoms with Crippen molar-refractivity contribution in [1.29, 1.82) is 0 Å². The number of aryl methyl sites for hydroxylation is 2. The lowest BCUT2D eigenvalue weighted by Gasteiger charge is -2.21. The van der Waals surface area contributed by atoms with Gasteiger partial charge < -0.3 is 10.6 Å². The molecule has 0 unspecified atom stereocenters. The van der Waals surface area contributed by atoms with E-state index in [1.54, 1.807) is 11.1 Å². The number of fused-ring (bicyclic) bond motifs is 1. The zero-order valence-electron chi connectivity index (χ0n) is 12.1. The van der Waals surface area contributed by atoms with Gasteiger partial charge in [0.1, 0.15) is 0 Å². The smallest absolute Gasteiger partial charge is 0.0284 e. The second kappa shape index (κ2) is 5.26. The lowest BCUT2D eigenvalue weighted by Crippen LogP contribution is -2.38. The van der Waals surface area contributed by atoms with Gasteiger partial charge in [0, 0.05) is 18.6 Å². The van der Waals surface area contributed by atoms with E-state index in [1.165, 1.54) is 44.1 Å². The van der Waals surface area contributed by atoms with Crippen LogP contribution in [0.5, 0.6) is 0 Å². The third-order valence-electron chi connectivity index (χ3n) is 4.67. The quantitative estimate of drug-likeness (QED) is 0.879. The SMILES string of the molecule is CN(CCc1ccc2c(c1)CCCC2)CC1(N)CC1. The Morgan fingerprint density at radius 2 is 1.89 bits per heavy atom. The molecule has 3 rings (SSSR count). The van der Waals surface area contributed by atoms with Crippen LogP contribution in [-0.4, -0.2) is 30.6 Å². The summed E-state index contributed by atoms with van der Waals surface area (Å²) in [6, 6.07) is 7.13. The van der Waals surface area contributed by atoms with Crippen LogP contribution in [0.3, 0.4) is 0 Å². The number of nitrogens with two attached hydrogens (primary N) is 1. The monoisotopic (exact) mass is 258 g/mol. The summed E-state index contributed by atoms with van der Waals surface area (Å²) in [5.41, 5.74) is 11.0. The first-order valence-electron chi connectivity index (χ1n) is 7.73. The second-order valence-corrected chi connectivity index (χ2v) is 6.66. The van der Waals surface area contributed by atoms with Gasteiger partial charge in [-0.1, -0.05) is 18.2 Å². The fourth-order valence-corrected chi connectivity index (χ4v) is 3.20. The Kier molecular flexibility index (Phi) is 3.64. The van der Waals surface area contributed by atoms with Gasteiger partial charge in [0.25, 0.3) is 0 Å². The first-order valence-corrected chi connectivity index (χ1v) is 7.73. The van der Waals surface area contributed by atoms with Gasteiger partial charge in [0.15, 0.2) is 0 Å². The third-order valence-corrected chi connectivity index (χ3v) is 4.67. The van der Waals surface area contributed by atoms with Crippen LogP contribution in [-0.2, 0) is 19.3 Å². The molecule has 0 atom stereocenters. The van der Waals surface area contributed by atoms with Crippen molar-refractivity contribution in [1.82, 2.24) is 4.90 Å². The molecule has 2 N–H and O–H groups in total. The predicted octanol–water partition coefficient (Wildman–Crippen LogP) is 2.53. The minimum Gasteiger partial charge on any atom is -0.324 e. The lowest BCUT2D eigenvalue weighted by molar-refractivity contribution is 0.306. The molecule has 2 nitrogen and oxygen atoms in total. The molecule has 0 amide bonds. The fourth-order valence-electron chi connectivity index (χ4n) is 3.20. The molecule has 0 bridgehead atoms. The van der Waals surface area contributed by atoms with Crippen LogP contribution in [0.4, 0.5) is 0 Å². The lowest BCUT2D eigenvalue weighted by atomic mass is 9.90. The summed E-state index contributed by atoms with van der Waals surface area (Å²) in [6.07, 6.45) is 8.86. The molecule has 2 heteroatoms. The van der Waals surface area contributed by atoms with Gasteiger partial charge in [-0.25, -0.2) is 0 Å². The first kappa shape index (κ1) is 13.1. The molecule has 0 aliphatic heterocycles. The van der Waals surface area contributed by atoms with Crippen molar-refractivity contribution in [3.05, 3.63) is 34.9 Å². The van der Waals surface area contributed by atoms with Gasteiger partial charge >= 0.3 is 0 Å². The number of hydrogen-bond acceptors (Lipinski definition) is 2. The zero-order valence-corrected chi connectivity index (χ0v) is 12.1. The maximum atomic E-state index is 6.17. The number of benzene rings is 1. The first-order chi connectivity index (χ1) is 9.15. The van der Waals surface area contributed by atoms with E-state index < -0.39 is 0 Å². The molecule has 104 valence electrons. The molecule has 1 aromatic rings. The van der Waals surface area contributed by atoms with Crippen molar-refractivity contribution >= 4 is 0 Å². The highest BCUT2D eigenvalue weighted by Crippen LogP contribution is 2.32. The number of nitrogens with zero attached hydrogens (tertiary/aromatic N) is 1. The highest BCUT2D eigenvalue weighted by molar-refractivity contribution is 5.34. The summed E-state index contributed by atoms with van der Waals surface area (Å²) in [4.78, 5) is 2.40. The maximum Gasteiger partial charge on any atom is 0.0284 e. The fraction of sp³-hybridized carbons (Fsp3) is 0.647. The largest absolute Gasteiger partial charge is 0.324 e. The summed E-state index contributed by atoms with van der Waals surface area (Å²) in [6.45, 7) is 2.18. The van der Waals surface area contributed by atoms with Crippen LogP contribution in [0.1, 0.15) is 42.4 Å². The Bertz CT molecular complexity index is 449. The predicted molar refractivity (Wildman–Crippen MR) is 80.4 cm³/mol. The van der Waals surface area contributed by atoms with E-state index in [2.05, 4.69) is 30.1 Å². The van der Waals surface area contributed by atoms with E-state index >= 15 is 0 Å². The van der Waals surface area contributed by atoms with E-state index in [9.17, 15) is 0 Å². The third kappa shape index (κ3) is 3.37. The maximum absolute atomic E-state index is 6.17. The highest BCUT2D eigenvalue weighted by atomic mass is 15.1. The Morgan fingerprint density at radius 3 is 2.63 bits per heavy atom. The van der Waals surface area contributed by atoms with Gasteiger partial charge in [-0.2, -0.15) is 0 Å². The Morgan fingerprint density at radius 1 is 1.16 bits per heavy atom. The molecule has 2 aliphatic rings. The average molecular weight is 258 g/mol. The van der Waals surface area contributed by atoms with Crippen molar-refractivity contribution in [2.75, 3.05) is 20.1 Å². The standard InChI is InChI=1S/C17H26N2/c1-19(13-17(18)9-10-17)11-8-14-6-7-15-4-2-3-5-16(15)12-14/h6-7,12H,2-5,8-11,13,18H2,1H3. The molecule has 1 aromatic carbocycles. The van der Waals surface area contributed by atoms with Gasteiger partial charge in [-0.05, 0) is 68.7 Å². The number of hydrogen-bond donors (Lipinski definition) is 1. The summed E-state index contributed by atoms with van der Waals surface area (Å²) in [5, 5.41) is 0. The summed E-state index contributed by atoms with van der Waals surface area (Å²) < 4.78 is 0. The molecule has 19 heavy (non-hydrogen) atoms. The summed E-state index contributed by atoms with van der Waals surface area (Å²) >= 11 is 0. The molecule has 1 fully saturated rings. The minimum absolute atomic E-state index is 0.143. The summed E-state index contributed by atoms with van der Waals surface area (Å²) in [5.74, 6) is 0. The topological polar surface area (TPSA) is 29.3 Å². The minimum atomic E-state index is 0.143. The van der Waals surface area contributed by atoms with Gasteiger partial charge in [0.05, 0.1) is 0 Å². The van der Waals surface area contributed by atoms with Crippen LogP contribution in [0.2, 0.25) is 0 Å². The van der Waals surface area contributed by atoms with E-state index in [-0.39, 0.29) is 5.54 Å². The second-order valence-electron chi connectivity index (χ2n) is 6.66. The molecule has 0 saturated heterocycles. The average Bonchev–Trinajstić information content (AvgIpc) is 3.13. The summed E-state index contributed by atoms with van der Waals surface area (Å²) in [7, 11) is 2.20. The Balaban J connectivity index is 1.54. The van der Waals surface area contributed by atoms with Gasteiger partial charge in [-0.3, -0.25) is 0 Å². The molecule has 1 saturated carbocycles. The normalized spacial score (nSPS) is 20.4. The number of rotatable bonds is 5. The van der Waals surface area contributed by atoms with Crippen molar-refractivity contribution in [2.24, 2.45) is 5.73 Å². The zero-order chi connectivity index (χ0) is 13.3. The van der Waals surface area contributed by atoms with Gasteiger partial charge in [0.2, 0.25) is 0 Å². The van der Waals surface area contributed by atoms with Gasteiger partial charge in [-0.15, -0.1) is 0 Å². The Hall–Kier alpha value is -0.860. The van der Waals surface area contributed by atoms with Crippen molar-refractivity contribution in [2.45, 2.75) is 50.5 Å². The van der Waals surface area contributed by atoms with E-state index in [4.69, 9.17) is 5.73 Å². The highest BCUT2D eigenvalue weighted by Gasteiger charge is 2.38. The molecule has 0 radical (unpaired) electrons. The molecule has 2 aliphatic carbocycles. The van der Waals surface area contributed by atoms with Crippen LogP contribution >= 0.6 is 0 Å². The van der Waals surface area contributed by atoms with E-state index in [1.807, 2.05) is 0 Å². The van der Waals surface area contributed by atoms with E-state index in [0.717, 1.165) is 19.5 Å². The molecule has 0 heterocycles. The van der Waals surface area contributed by atoms with Crippen molar-refractivity contribution in [3.8, 4) is 0 Å².